The van der Waals surface area contributed by atoms with Crippen molar-refractivity contribution >= 4 is 11.3 Å². The normalized spacial score (nSPS) is 27.9. The summed E-state index contributed by atoms with van der Waals surface area (Å²) in [7, 11) is 2.11. The fourth-order valence-corrected chi connectivity index (χ4v) is 3.73. The molecule has 1 N–H and O–H groups in total. The number of rotatable bonds is 3. The Labute approximate surface area is 103 Å². The molecule has 1 aromatic rings. The molecule has 1 nitrogen and oxygen atoms in total. The van der Waals surface area contributed by atoms with Gasteiger partial charge in [-0.2, -0.15) is 0 Å². The monoisotopic (exact) mass is 237 g/mol. The number of nitrogens with one attached hydrogen (secondary N) is 1. The largest absolute Gasteiger partial charge is 0.313 e. The van der Waals surface area contributed by atoms with Crippen LogP contribution >= 0.6 is 11.3 Å². The molecular weight excluding hydrogens is 214 g/mol. The Morgan fingerprint density at radius 3 is 2.50 bits per heavy atom. The van der Waals surface area contributed by atoms with Gasteiger partial charge in [-0.15, -0.1) is 11.3 Å². The lowest BCUT2D eigenvalue weighted by molar-refractivity contribution is 0.238. The third kappa shape index (κ3) is 2.49. The minimum atomic E-state index is 0.582. The minimum absolute atomic E-state index is 0.582. The van der Waals surface area contributed by atoms with Crippen LogP contribution in [0.4, 0.5) is 0 Å². The van der Waals surface area contributed by atoms with E-state index in [2.05, 4.69) is 37.7 Å². The van der Waals surface area contributed by atoms with Crippen LogP contribution in [-0.4, -0.2) is 7.05 Å². The summed E-state index contributed by atoms with van der Waals surface area (Å²) >= 11 is 1.87. The smallest absolute Gasteiger partial charge is 0.0357 e. The first-order valence-electron chi connectivity index (χ1n) is 6.43. The summed E-state index contributed by atoms with van der Waals surface area (Å²) in [4.78, 5) is 1.48. The fraction of sp³-hybridized carbons (Fsp3) is 0.714. The van der Waals surface area contributed by atoms with E-state index in [1.165, 1.54) is 36.1 Å². The van der Waals surface area contributed by atoms with E-state index in [-0.39, 0.29) is 0 Å². The van der Waals surface area contributed by atoms with E-state index in [0.29, 0.717) is 6.04 Å². The summed E-state index contributed by atoms with van der Waals surface area (Å²) < 4.78 is 0. The van der Waals surface area contributed by atoms with Gasteiger partial charge in [-0.1, -0.05) is 19.8 Å². The molecular formula is C14H23NS. The molecule has 0 aromatic carbocycles. The Morgan fingerprint density at radius 2 is 2.00 bits per heavy atom. The maximum Gasteiger partial charge on any atom is 0.0357 e. The van der Waals surface area contributed by atoms with E-state index < -0.39 is 0 Å². The van der Waals surface area contributed by atoms with Crippen LogP contribution in [0.25, 0.3) is 0 Å². The Kier molecular flexibility index (Phi) is 4.04. The van der Waals surface area contributed by atoms with Crippen molar-refractivity contribution in [3.63, 3.8) is 0 Å². The fourth-order valence-electron chi connectivity index (χ4n) is 2.98. The summed E-state index contributed by atoms with van der Waals surface area (Å²) in [6, 6.07) is 2.89. The first-order valence-corrected chi connectivity index (χ1v) is 7.31. The summed E-state index contributed by atoms with van der Waals surface area (Å²) in [6.45, 7) is 4.64. The highest BCUT2D eigenvalue weighted by Gasteiger charge is 2.27. The van der Waals surface area contributed by atoms with Gasteiger partial charge in [0.25, 0.3) is 0 Å². The van der Waals surface area contributed by atoms with Gasteiger partial charge in [0.15, 0.2) is 0 Å². The zero-order valence-electron chi connectivity index (χ0n) is 10.6. The van der Waals surface area contributed by atoms with Crippen molar-refractivity contribution in [2.75, 3.05) is 7.05 Å². The highest BCUT2D eigenvalue weighted by molar-refractivity contribution is 7.10. The lowest BCUT2D eigenvalue weighted by atomic mass is 9.77. The maximum absolute atomic E-state index is 3.54. The Bertz CT molecular complexity index is 323. The highest BCUT2D eigenvalue weighted by Crippen LogP contribution is 2.38. The lowest BCUT2D eigenvalue weighted by Gasteiger charge is -2.32. The predicted octanol–water partition coefficient (Wildman–Crippen LogP) is 4.14. The maximum atomic E-state index is 3.54. The van der Waals surface area contributed by atoms with Gasteiger partial charge in [0.05, 0.1) is 0 Å². The van der Waals surface area contributed by atoms with Gasteiger partial charge in [-0.05, 0) is 55.7 Å². The topological polar surface area (TPSA) is 12.0 Å². The first kappa shape index (κ1) is 12.1. The van der Waals surface area contributed by atoms with Crippen molar-refractivity contribution in [3.8, 4) is 0 Å². The second-order valence-corrected chi connectivity index (χ2v) is 6.34. The SMILES string of the molecule is CNC(c1ccsc1C)C1CCC(C)CC1. The summed E-state index contributed by atoms with van der Waals surface area (Å²) in [5, 5.41) is 5.76. The quantitative estimate of drug-likeness (QED) is 0.833. The second kappa shape index (κ2) is 5.33. The summed E-state index contributed by atoms with van der Waals surface area (Å²) in [5.41, 5.74) is 1.53. The van der Waals surface area contributed by atoms with Crippen molar-refractivity contribution < 1.29 is 0 Å². The van der Waals surface area contributed by atoms with Crippen molar-refractivity contribution in [2.24, 2.45) is 11.8 Å². The molecule has 0 radical (unpaired) electrons. The molecule has 2 rings (SSSR count). The van der Waals surface area contributed by atoms with Crippen LogP contribution < -0.4 is 5.32 Å². The Hall–Kier alpha value is -0.340. The van der Waals surface area contributed by atoms with Gasteiger partial charge >= 0.3 is 0 Å². The van der Waals surface area contributed by atoms with Crippen molar-refractivity contribution in [1.82, 2.24) is 5.32 Å². The van der Waals surface area contributed by atoms with E-state index in [9.17, 15) is 0 Å². The van der Waals surface area contributed by atoms with E-state index >= 15 is 0 Å². The molecule has 0 saturated heterocycles. The van der Waals surface area contributed by atoms with E-state index in [1.807, 2.05) is 11.3 Å². The van der Waals surface area contributed by atoms with E-state index in [4.69, 9.17) is 0 Å². The molecule has 0 spiro atoms. The summed E-state index contributed by atoms with van der Waals surface area (Å²) in [5.74, 6) is 1.78. The van der Waals surface area contributed by atoms with Gasteiger partial charge < -0.3 is 5.32 Å². The predicted molar refractivity (Wildman–Crippen MR) is 72.0 cm³/mol. The van der Waals surface area contributed by atoms with Crippen molar-refractivity contribution in [1.29, 1.82) is 0 Å². The average Bonchev–Trinajstić information content (AvgIpc) is 2.69. The number of hydrogen-bond donors (Lipinski definition) is 1. The van der Waals surface area contributed by atoms with E-state index in [0.717, 1.165) is 11.8 Å². The van der Waals surface area contributed by atoms with Crippen LogP contribution in [0, 0.1) is 18.8 Å². The minimum Gasteiger partial charge on any atom is -0.313 e. The molecule has 1 heterocycles. The van der Waals surface area contributed by atoms with Crippen LogP contribution in [-0.2, 0) is 0 Å². The molecule has 1 fully saturated rings. The second-order valence-electron chi connectivity index (χ2n) is 5.22. The van der Waals surface area contributed by atoms with Crippen LogP contribution in [0.2, 0.25) is 0 Å². The lowest BCUT2D eigenvalue weighted by Crippen LogP contribution is -2.28. The number of thiophene rings is 1. The Morgan fingerprint density at radius 1 is 1.31 bits per heavy atom. The molecule has 2 heteroatoms. The zero-order valence-corrected chi connectivity index (χ0v) is 11.4. The number of aryl methyl sites for hydroxylation is 1. The number of hydrogen-bond acceptors (Lipinski definition) is 2. The molecule has 16 heavy (non-hydrogen) atoms. The van der Waals surface area contributed by atoms with Gasteiger partial charge in [0.2, 0.25) is 0 Å². The molecule has 90 valence electrons. The zero-order chi connectivity index (χ0) is 11.5. The van der Waals surface area contributed by atoms with Gasteiger partial charge in [0.1, 0.15) is 0 Å². The standard InChI is InChI=1S/C14H23NS/c1-10-4-6-12(7-5-10)14(15-3)13-8-9-16-11(13)2/h8-10,12,14-15H,4-7H2,1-3H3. The van der Waals surface area contributed by atoms with Gasteiger partial charge in [-0.3, -0.25) is 0 Å². The van der Waals surface area contributed by atoms with Crippen LogP contribution in [0.5, 0.6) is 0 Å². The van der Waals surface area contributed by atoms with Crippen LogP contribution in [0.15, 0.2) is 11.4 Å². The molecule has 0 aliphatic heterocycles. The molecule has 1 saturated carbocycles. The summed E-state index contributed by atoms with van der Waals surface area (Å²) in [6.07, 6.45) is 5.60. The highest BCUT2D eigenvalue weighted by atomic mass is 32.1. The molecule has 0 bridgehead atoms. The van der Waals surface area contributed by atoms with Gasteiger partial charge in [0, 0.05) is 10.9 Å². The molecule has 1 aromatic heterocycles. The third-order valence-electron chi connectivity index (χ3n) is 4.08. The molecule has 1 aliphatic carbocycles. The molecule has 1 unspecified atom stereocenters. The average molecular weight is 237 g/mol. The molecule has 1 atom stereocenters. The van der Waals surface area contributed by atoms with Gasteiger partial charge in [-0.25, -0.2) is 0 Å². The van der Waals surface area contributed by atoms with Crippen LogP contribution in [0.3, 0.4) is 0 Å². The molecule has 1 aliphatic rings. The van der Waals surface area contributed by atoms with Crippen LogP contribution in [0.1, 0.15) is 49.1 Å². The molecule has 0 amide bonds. The third-order valence-corrected chi connectivity index (χ3v) is 4.94. The van der Waals surface area contributed by atoms with E-state index in [1.54, 1.807) is 0 Å². The van der Waals surface area contributed by atoms with Crippen molar-refractivity contribution in [2.45, 2.75) is 45.6 Å². The van der Waals surface area contributed by atoms with Crippen molar-refractivity contribution in [3.05, 3.63) is 21.9 Å². The Balaban J connectivity index is 2.08. The first-order chi connectivity index (χ1) is 7.72.